The number of fused-ring (bicyclic) bond motifs is 1. The van der Waals surface area contributed by atoms with Crippen LogP contribution in [0.1, 0.15) is 37.3 Å². The average Bonchev–Trinajstić information content (AvgIpc) is 3.56. The fraction of sp³-hybridized carbons (Fsp3) is 0.385. The van der Waals surface area contributed by atoms with E-state index in [4.69, 9.17) is 20.2 Å². The first-order chi connectivity index (χ1) is 18.6. The molecule has 0 bridgehead atoms. The Kier molecular flexibility index (Phi) is 7.14. The van der Waals surface area contributed by atoms with Gasteiger partial charge >= 0.3 is 5.97 Å². The molecule has 206 valence electrons. The Morgan fingerprint density at radius 1 is 1.26 bits per heavy atom. The molecule has 3 aromatic heterocycles. The molecule has 5 rings (SSSR count). The van der Waals surface area contributed by atoms with E-state index in [9.17, 15) is 18.3 Å². The van der Waals surface area contributed by atoms with E-state index in [1.54, 1.807) is 17.1 Å². The number of carboxylic acid groups (broad SMARTS) is 1. The predicted octanol–water partition coefficient (Wildman–Crippen LogP) is 2.13. The maximum atomic E-state index is 12.9. The zero-order chi connectivity index (χ0) is 27.8. The Morgan fingerprint density at radius 3 is 2.62 bits per heavy atom. The van der Waals surface area contributed by atoms with Crippen molar-refractivity contribution < 1.29 is 32.3 Å². The largest absolute Gasteiger partial charge is 0.479 e. The number of H-pyrrole nitrogens is 1. The topological polar surface area (TPSA) is 167 Å². The molecule has 1 aliphatic carbocycles. The van der Waals surface area contributed by atoms with Gasteiger partial charge in [-0.05, 0) is 37.8 Å². The number of para-hydroxylation sites is 1. The molecule has 3 heterocycles. The van der Waals surface area contributed by atoms with Crippen molar-refractivity contribution in [1.82, 2.24) is 19.9 Å². The number of rotatable bonds is 9. The summed E-state index contributed by atoms with van der Waals surface area (Å²) < 4.78 is 39.8. The lowest BCUT2D eigenvalue weighted by molar-refractivity contribution is -0.565. The molecule has 12 nitrogen and oxygen atoms in total. The van der Waals surface area contributed by atoms with Crippen LogP contribution in [0, 0.1) is 0 Å². The van der Waals surface area contributed by atoms with Crippen LogP contribution in [0.5, 0.6) is 0 Å². The molecule has 4 aromatic rings. The highest BCUT2D eigenvalue weighted by Crippen LogP contribution is 2.42. The van der Waals surface area contributed by atoms with Gasteiger partial charge in [-0.1, -0.05) is 18.2 Å². The van der Waals surface area contributed by atoms with Crippen LogP contribution in [0.25, 0.3) is 22.5 Å². The number of carboxylic acids is 1. The van der Waals surface area contributed by atoms with Crippen LogP contribution in [0.3, 0.4) is 0 Å². The summed E-state index contributed by atoms with van der Waals surface area (Å²) in [6.07, 6.45) is 7.53. The van der Waals surface area contributed by atoms with Gasteiger partial charge in [-0.25, -0.2) is 17.9 Å². The summed E-state index contributed by atoms with van der Waals surface area (Å²) in [6.45, 7) is 0.430. The molecular formula is C26H31N6O6S+. The van der Waals surface area contributed by atoms with Crippen molar-refractivity contribution in [3.8, 4) is 16.8 Å². The van der Waals surface area contributed by atoms with E-state index < -0.39 is 21.4 Å². The van der Waals surface area contributed by atoms with E-state index in [1.807, 2.05) is 36.5 Å². The van der Waals surface area contributed by atoms with Crippen LogP contribution in [-0.4, -0.2) is 71.5 Å². The van der Waals surface area contributed by atoms with Crippen LogP contribution in [0.15, 0.2) is 53.8 Å². The molecular weight excluding hydrogens is 524 g/mol. The molecule has 0 spiro atoms. The summed E-state index contributed by atoms with van der Waals surface area (Å²) in [4.78, 5) is 16.9. The SMILES string of the molecule is COCCOC1(C(=O)O)CCC(c2nc3c(-c4cnn(-c5ccccc5)c4)c[nH][n+]3c(N)c2S(C)(=O)=O)CC1. The Labute approximate surface area is 225 Å². The molecule has 1 aliphatic rings. The summed E-state index contributed by atoms with van der Waals surface area (Å²) in [5.74, 6) is -1.34. The third-order valence-corrected chi connectivity index (χ3v) is 8.40. The number of aromatic amines is 1. The quantitative estimate of drug-likeness (QED) is 0.207. The molecule has 39 heavy (non-hydrogen) atoms. The van der Waals surface area contributed by atoms with Crippen molar-refractivity contribution in [2.45, 2.75) is 42.1 Å². The zero-order valence-electron chi connectivity index (χ0n) is 21.7. The van der Waals surface area contributed by atoms with E-state index in [-0.39, 0.29) is 42.7 Å². The van der Waals surface area contributed by atoms with E-state index in [0.717, 1.165) is 17.5 Å². The maximum Gasteiger partial charge on any atom is 0.335 e. The number of ether oxygens (including phenoxy) is 2. The van der Waals surface area contributed by atoms with Crippen molar-refractivity contribution in [3.63, 3.8) is 0 Å². The van der Waals surface area contributed by atoms with Gasteiger partial charge in [-0.3, -0.25) is 5.10 Å². The van der Waals surface area contributed by atoms with Gasteiger partial charge in [0.15, 0.2) is 20.3 Å². The Morgan fingerprint density at radius 2 is 1.97 bits per heavy atom. The van der Waals surface area contributed by atoms with Crippen LogP contribution in [-0.2, 0) is 24.1 Å². The van der Waals surface area contributed by atoms with Crippen molar-refractivity contribution in [3.05, 3.63) is 54.6 Å². The third-order valence-electron chi connectivity index (χ3n) is 7.24. The summed E-state index contributed by atoms with van der Waals surface area (Å²) in [7, 11) is -2.24. The van der Waals surface area contributed by atoms with Crippen LogP contribution < -0.4 is 10.2 Å². The lowest BCUT2D eigenvalue weighted by Gasteiger charge is -2.36. The highest BCUT2D eigenvalue weighted by Gasteiger charge is 2.45. The monoisotopic (exact) mass is 555 g/mol. The number of methoxy groups -OCH3 is 1. The molecule has 1 aromatic carbocycles. The summed E-state index contributed by atoms with van der Waals surface area (Å²) in [5.41, 5.74) is 8.23. The number of carbonyl (C=O) groups is 1. The number of hydrogen-bond donors (Lipinski definition) is 3. The second kappa shape index (κ2) is 10.4. The molecule has 1 fully saturated rings. The molecule has 0 aliphatic heterocycles. The first-order valence-corrected chi connectivity index (χ1v) is 14.4. The Hall–Kier alpha value is -3.81. The number of nitrogens with two attached hydrogens (primary N) is 1. The first kappa shape index (κ1) is 26.8. The molecule has 1 saturated carbocycles. The fourth-order valence-corrected chi connectivity index (χ4v) is 6.28. The number of nitrogens with one attached hydrogen (secondary N) is 1. The first-order valence-electron chi connectivity index (χ1n) is 12.5. The van der Waals surface area contributed by atoms with E-state index in [2.05, 4.69) is 10.2 Å². The van der Waals surface area contributed by atoms with Crippen molar-refractivity contribution >= 4 is 27.3 Å². The van der Waals surface area contributed by atoms with Gasteiger partial charge in [-0.2, -0.15) is 5.10 Å². The second-order valence-electron chi connectivity index (χ2n) is 9.75. The normalized spacial score (nSPS) is 19.9. The molecule has 13 heteroatoms. The van der Waals surface area contributed by atoms with Gasteiger partial charge in [0.2, 0.25) is 0 Å². The minimum absolute atomic E-state index is 0.0191. The summed E-state index contributed by atoms with van der Waals surface area (Å²) in [5, 5.41) is 17.4. The smallest absolute Gasteiger partial charge is 0.335 e. The molecule has 0 saturated heterocycles. The number of hydrogen-bond acceptors (Lipinski definition) is 8. The number of nitrogen functional groups attached to an aromatic ring is 1. The lowest BCUT2D eigenvalue weighted by Crippen LogP contribution is -2.45. The molecule has 0 atom stereocenters. The standard InChI is InChI=1S/C26H30N6O6S/c1-37-12-13-38-26(25(33)34)10-8-17(9-11-26)21-22(39(2,35)36)23(27)32-24(30-21)20(15-29-32)18-14-28-31(16-18)19-6-4-3-5-7-19/h3-7,14-17H,8-13H2,1-2H3,(H3,27,29,30,33,34)/p+1. The second-order valence-corrected chi connectivity index (χ2v) is 11.7. The van der Waals surface area contributed by atoms with Crippen molar-refractivity contribution in [2.75, 3.05) is 32.3 Å². The van der Waals surface area contributed by atoms with E-state index in [0.29, 0.717) is 29.7 Å². The van der Waals surface area contributed by atoms with Gasteiger partial charge < -0.3 is 20.3 Å². The molecule has 0 unspecified atom stereocenters. The van der Waals surface area contributed by atoms with Crippen molar-refractivity contribution in [2.24, 2.45) is 0 Å². The van der Waals surface area contributed by atoms with Gasteiger partial charge in [-0.15, -0.1) is 9.50 Å². The van der Waals surface area contributed by atoms with E-state index in [1.165, 1.54) is 11.6 Å². The number of nitrogens with zero attached hydrogens (tertiary/aromatic N) is 4. The highest BCUT2D eigenvalue weighted by molar-refractivity contribution is 7.90. The Balaban J connectivity index is 1.54. The number of sulfone groups is 1. The highest BCUT2D eigenvalue weighted by atomic mass is 32.2. The molecule has 0 amide bonds. The molecule has 4 N–H and O–H groups in total. The van der Waals surface area contributed by atoms with Crippen LogP contribution >= 0.6 is 0 Å². The van der Waals surface area contributed by atoms with Crippen LogP contribution in [0.2, 0.25) is 0 Å². The number of benzene rings is 1. The van der Waals surface area contributed by atoms with Gasteiger partial charge in [0, 0.05) is 37.2 Å². The average molecular weight is 556 g/mol. The van der Waals surface area contributed by atoms with Crippen LogP contribution in [0.4, 0.5) is 5.82 Å². The minimum atomic E-state index is -3.76. The maximum absolute atomic E-state index is 12.9. The molecule has 0 radical (unpaired) electrons. The summed E-state index contributed by atoms with van der Waals surface area (Å²) >= 11 is 0. The summed E-state index contributed by atoms with van der Waals surface area (Å²) in [6, 6.07) is 9.64. The zero-order valence-corrected chi connectivity index (χ0v) is 22.5. The van der Waals surface area contributed by atoms with Gasteiger partial charge in [0.1, 0.15) is 5.69 Å². The van der Waals surface area contributed by atoms with E-state index >= 15 is 0 Å². The third kappa shape index (κ3) is 5.00. The number of aromatic nitrogens is 5. The predicted molar refractivity (Wildman–Crippen MR) is 141 cm³/mol. The van der Waals surface area contributed by atoms with Crippen molar-refractivity contribution in [1.29, 1.82) is 0 Å². The fourth-order valence-electron chi connectivity index (χ4n) is 5.22. The lowest BCUT2D eigenvalue weighted by atomic mass is 9.77. The minimum Gasteiger partial charge on any atom is -0.479 e. The van der Waals surface area contributed by atoms with Gasteiger partial charge in [0.25, 0.3) is 11.5 Å². The number of aliphatic carboxylic acids is 1. The number of anilines is 1. The van der Waals surface area contributed by atoms with Gasteiger partial charge in [0.05, 0.1) is 30.7 Å². The Bertz CT molecular complexity index is 1610.